The number of rotatable bonds is 5. The number of nitrogens with one attached hydrogen (secondary N) is 1. The molecule has 0 bridgehead atoms. The average molecular weight is 411 g/mol. The number of benzene rings is 2. The van der Waals surface area contributed by atoms with Crippen molar-refractivity contribution < 1.29 is 26.3 Å². The molecule has 148 valence electrons. The summed E-state index contributed by atoms with van der Waals surface area (Å²) in [5, 5.41) is 4.30. The van der Waals surface area contributed by atoms with Gasteiger partial charge in [0.1, 0.15) is 10.6 Å². The molecule has 0 spiro atoms. The molecule has 3 aromatic rings. The molecule has 0 aliphatic heterocycles. The first-order valence-corrected chi connectivity index (χ1v) is 9.55. The molecule has 6 nitrogen and oxygen atoms in total. The molecule has 1 heterocycles. The fourth-order valence-corrected chi connectivity index (χ4v) is 4.22. The van der Waals surface area contributed by atoms with Gasteiger partial charge in [-0.15, -0.1) is 13.2 Å². The van der Waals surface area contributed by atoms with Crippen molar-refractivity contribution in [3.05, 3.63) is 66.0 Å². The first-order chi connectivity index (χ1) is 13.1. The largest absolute Gasteiger partial charge is 0.573 e. The van der Waals surface area contributed by atoms with Crippen LogP contribution in [0.5, 0.6) is 5.75 Å². The SMILES string of the molecule is Cc1nn(-c2ccccc2)c(C)c1S(=O)(=O)Nc1ccc(OC(F)(F)F)cc1. The molecule has 0 aliphatic carbocycles. The molecular formula is C18H16F3N3O3S. The lowest BCUT2D eigenvalue weighted by atomic mass is 10.3. The molecule has 0 saturated carbocycles. The van der Waals surface area contributed by atoms with E-state index in [4.69, 9.17) is 0 Å². The number of para-hydroxylation sites is 1. The van der Waals surface area contributed by atoms with Crippen molar-refractivity contribution >= 4 is 15.7 Å². The molecule has 2 aromatic carbocycles. The van der Waals surface area contributed by atoms with Gasteiger partial charge in [-0.1, -0.05) is 18.2 Å². The van der Waals surface area contributed by atoms with Crippen molar-refractivity contribution in [3.8, 4) is 11.4 Å². The summed E-state index contributed by atoms with van der Waals surface area (Å²) in [7, 11) is -4.01. The quantitative estimate of drug-likeness (QED) is 0.683. The number of aryl methyl sites for hydroxylation is 1. The highest BCUT2D eigenvalue weighted by Crippen LogP contribution is 2.27. The van der Waals surface area contributed by atoms with E-state index in [0.717, 1.165) is 12.1 Å². The predicted octanol–water partition coefficient (Wildman–Crippen LogP) is 4.19. The van der Waals surface area contributed by atoms with Crippen LogP contribution >= 0.6 is 0 Å². The predicted molar refractivity (Wildman–Crippen MR) is 97.0 cm³/mol. The fraction of sp³-hybridized carbons (Fsp3) is 0.167. The number of sulfonamides is 1. The fourth-order valence-electron chi connectivity index (χ4n) is 2.77. The topological polar surface area (TPSA) is 73.2 Å². The first kappa shape index (κ1) is 19.7. The van der Waals surface area contributed by atoms with Gasteiger partial charge in [-0.05, 0) is 50.2 Å². The summed E-state index contributed by atoms with van der Waals surface area (Å²) in [6.07, 6.45) is -4.82. The van der Waals surface area contributed by atoms with Gasteiger partial charge in [0.15, 0.2) is 0 Å². The monoisotopic (exact) mass is 411 g/mol. The molecule has 0 amide bonds. The van der Waals surface area contributed by atoms with E-state index in [1.165, 1.54) is 16.8 Å². The molecule has 0 atom stereocenters. The summed E-state index contributed by atoms with van der Waals surface area (Å²) in [6, 6.07) is 13.5. The van der Waals surface area contributed by atoms with Crippen LogP contribution in [0.3, 0.4) is 0 Å². The third-order valence-electron chi connectivity index (χ3n) is 3.83. The van der Waals surface area contributed by atoms with Crippen LogP contribution in [-0.2, 0) is 10.0 Å². The van der Waals surface area contributed by atoms with Crippen LogP contribution in [0, 0.1) is 13.8 Å². The normalized spacial score (nSPS) is 12.0. The maximum absolute atomic E-state index is 12.8. The van der Waals surface area contributed by atoms with Gasteiger partial charge in [-0.3, -0.25) is 4.72 Å². The van der Waals surface area contributed by atoms with Crippen LogP contribution in [0.2, 0.25) is 0 Å². The Hall–Kier alpha value is -3.01. The zero-order chi connectivity index (χ0) is 20.5. The molecule has 0 radical (unpaired) electrons. The van der Waals surface area contributed by atoms with Gasteiger partial charge >= 0.3 is 6.36 Å². The highest BCUT2D eigenvalue weighted by molar-refractivity contribution is 7.92. The van der Waals surface area contributed by atoms with Crippen LogP contribution in [0.1, 0.15) is 11.4 Å². The highest BCUT2D eigenvalue weighted by Gasteiger charge is 2.31. The van der Waals surface area contributed by atoms with Gasteiger partial charge < -0.3 is 4.74 Å². The molecule has 1 aromatic heterocycles. The Morgan fingerprint density at radius 2 is 1.61 bits per heavy atom. The van der Waals surface area contributed by atoms with Gasteiger partial charge in [0.2, 0.25) is 0 Å². The van der Waals surface area contributed by atoms with Crippen molar-refractivity contribution in [3.63, 3.8) is 0 Å². The molecule has 10 heteroatoms. The van der Waals surface area contributed by atoms with Gasteiger partial charge in [0.25, 0.3) is 10.0 Å². The van der Waals surface area contributed by atoms with E-state index in [0.29, 0.717) is 17.1 Å². The number of halogens is 3. The molecule has 0 unspecified atom stereocenters. The molecule has 0 aliphatic rings. The highest BCUT2D eigenvalue weighted by atomic mass is 32.2. The Morgan fingerprint density at radius 3 is 2.18 bits per heavy atom. The summed E-state index contributed by atoms with van der Waals surface area (Å²) >= 11 is 0. The zero-order valence-electron chi connectivity index (χ0n) is 14.9. The van der Waals surface area contributed by atoms with Crippen molar-refractivity contribution in [2.45, 2.75) is 25.1 Å². The third-order valence-corrected chi connectivity index (χ3v) is 5.47. The van der Waals surface area contributed by atoms with Gasteiger partial charge in [-0.2, -0.15) is 5.10 Å². The molecular weight excluding hydrogens is 395 g/mol. The van der Waals surface area contributed by atoms with Crippen molar-refractivity contribution in [2.24, 2.45) is 0 Å². The van der Waals surface area contributed by atoms with Gasteiger partial charge in [0.05, 0.1) is 17.1 Å². The summed E-state index contributed by atoms with van der Waals surface area (Å²) in [4.78, 5) is 0.00645. The molecule has 3 rings (SSSR count). The zero-order valence-corrected chi connectivity index (χ0v) is 15.7. The summed E-state index contributed by atoms with van der Waals surface area (Å²) in [5.74, 6) is -0.445. The minimum absolute atomic E-state index is 0.00645. The van der Waals surface area contributed by atoms with Gasteiger partial charge in [0, 0.05) is 5.69 Å². The molecule has 0 saturated heterocycles. The minimum atomic E-state index is -4.82. The maximum atomic E-state index is 12.8. The Balaban J connectivity index is 1.89. The lowest BCUT2D eigenvalue weighted by molar-refractivity contribution is -0.274. The van der Waals surface area contributed by atoms with E-state index in [9.17, 15) is 21.6 Å². The van der Waals surface area contributed by atoms with Crippen LogP contribution in [0.15, 0.2) is 59.5 Å². The smallest absolute Gasteiger partial charge is 0.406 e. The second-order valence-electron chi connectivity index (χ2n) is 5.92. The van der Waals surface area contributed by atoms with E-state index in [-0.39, 0.29) is 10.6 Å². The second-order valence-corrected chi connectivity index (χ2v) is 7.54. The van der Waals surface area contributed by atoms with Crippen LogP contribution in [0.4, 0.5) is 18.9 Å². The number of hydrogen-bond acceptors (Lipinski definition) is 4. The molecule has 28 heavy (non-hydrogen) atoms. The number of anilines is 1. The van der Waals surface area contributed by atoms with Crippen molar-refractivity contribution in [1.29, 1.82) is 0 Å². The lowest BCUT2D eigenvalue weighted by Gasteiger charge is -2.11. The summed E-state index contributed by atoms with van der Waals surface area (Å²) in [5.41, 5.74) is 1.51. The van der Waals surface area contributed by atoms with Crippen LogP contribution in [-0.4, -0.2) is 24.6 Å². The van der Waals surface area contributed by atoms with E-state index in [1.54, 1.807) is 26.0 Å². The second kappa shape index (κ2) is 7.19. The van der Waals surface area contributed by atoms with Crippen LogP contribution < -0.4 is 9.46 Å². The number of nitrogens with zero attached hydrogens (tertiary/aromatic N) is 2. The maximum Gasteiger partial charge on any atom is 0.573 e. The summed E-state index contributed by atoms with van der Waals surface area (Å²) < 4.78 is 70.0. The van der Waals surface area contributed by atoms with E-state index in [2.05, 4.69) is 14.6 Å². The van der Waals surface area contributed by atoms with Gasteiger partial charge in [-0.25, -0.2) is 13.1 Å². The number of alkyl halides is 3. The Labute approximate surface area is 159 Å². The van der Waals surface area contributed by atoms with Crippen LogP contribution in [0.25, 0.3) is 5.69 Å². The minimum Gasteiger partial charge on any atom is -0.406 e. The first-order valence-electron chi connectivity index (χ1n) is 8.07. The summed E-state index contributed by atoms with van der Waals surface area (Å²) in [6.45, 7) is 3.20. The van der Waals surface area contributed by atoms with E-state index in [1.807, 2.05) is 18.2 Å². The van der Waals surface area contributed by atoms with Crippen molar-refractivity contribution in [2.75, 3.05) is 4.72 Å². The van der Waals surface area contributed by atoms with Crippen molar-refractivity contribution in [1.82, 2.24) is 9.78 Å². The molecule has 0 fully saturated rings. The number of aromatic nitrogens is 2. The molecule has 1 N–H and O–H groups in total. The Kier molecular flexibility index (Phi) is 5.07. The average Bonchev–Trinajstić information content (AvgIpc) is 2.91. The Morgan fingerprint density at radius 1 is 1.00 bits per heavy atom. The number of ether oxygens (including phenoxy) is 1. The van der Waals surface area contributed by atoms with E-state index >= 15 is 0 Å². The van der Waals surface area contributed by atoms with E-state index < -0.39 is 22.1 Å². The third kappa shape index (κ3) is 4.28. The number of hydrogen-bond donors (Lipinski definition) is 1. The standard InChI is InChI=1S/C18H16F3N3O3S/c1-12-17(13(2)24(22-12)15-6-4-3-5-7-15)28(25,26)23-14-8-10-16(11-9-14)27-18(19,20)21/h3-11,23H,1-2H3. The Bertz CT molecular complexity index is 1080. The lowest BCUT2D eigenvalue weighted by Crippen LogP contribution is -2.17.